The van der Waals surface area contributed by atoms with Crippen molar-refractivity contribution in [3.63, 3.8) is 0 Å². The zero-order valence-electron chi connectivity index (χ0n) is 8.91. The lowest BCUT2D eigenvalue weighted by molar-refractivity contribution is -0.138. The van der Waals surface area contributed by atoms with E-state index in [0.29, 0.717) is 6.42 Å². The van der Waals surface area contributed by atoms with Gasteiger partial charge >= 0.3 is 5.97 Å². The van der Waals surface area contributed by atoms with Crippen molar-refractivity contribution in [3.8, 4) is 0 Å². The summed E-state index contributed by atoms with van der Waals surface area (Å²) in [7, 11) is 0. The molecule has 2 rings (SSSR count). The standard InChI is InChI=1S/C11H18O3S/c12-10(13)5-11(3-4-11)7-15-8-14-6-9-1-2-9/h9H,1-8H2,(H,12,13). The number of thioether (sulfide) groups is 1. The second kappa shape index (κ2) is 4.74. The lowest BCUT2D eigenvalue weighted by Crippen LogP contribution is -2.11. The fourth-order valence-corrected chi connectivity index (χ4v) is 2.81. The Kier molecular flexibility index (Phi) is 3.57. The first kappa shape index (κ1) is 11.3. The number of aliphatic carboxylic acids is 1. The van der Waals surface area contributed by atoms with Crippen molar-refractivity contribution in [2.24, 2.45) is 11.3 Å². The summed E-state index contributed by atoms with van der Waals surface area (Å²) in [6.45, 7) is 0.902. The molecule has 3 nitrogen and oxygen atoms in total. The third-order valence-corrected chi connectivity index (χ3v) is 4.26. The Morgan fingerprint density at radius 1 is 1.47 bits per heavy atom. The van der Waals surface area contributed by atoms with E-state index in [0.717, 1.165) is 37.1 Å². The Morgan fingerprint density at radius 2 is 2.20 bits per heavy atom. The Labute approximate surface area is 94.6 Å². The van der Waals surface area contributed by atoms with Crippen LogP contribution in [0.4, 0.5) is 0 Å². The first-order valence-corrected chi connectivity index (χ1v) is 6.73. The lowest BCUT2D eigenvalue weighted by Gasteiger charge is -2.11. The Bertz CT molecular complexity index is 234. The lowest BCUT2D eigenvalue weighted by atomic mass is 10.1. The number of rotatable bonds is 8. The van der Waals surface area contributed by atoms with E-state index in [9.17, 15) is 4.79 Å². The molecule has 0 unspecified atom stereocenters. The highest BCUT2D eigenvalue weighted by molar-refractivity contribution is 7.99. The van der Waals surface area contributed by atoms with E-state index in [1.165, 1.54) is 12.8 Å². The molecule has 0 radical (unpaired) electrons. The van der Waals surface area contributed by atoms with Crippen molar-refractivity contribution in [3.05, 3.63) is 0 Å². The summed E-state index contributed by atoms with van der Waals surface area (Å²) in [6, 6.07) is 0. The predicted octanol–water partition coefficient (Wildman–Crippen LogP) is 2.36. The van der Waals surface area contributed by atoms with Gasteiger partial charge in [0.05, 0.1) is 19.0 Å². The molecular weight excluding hydrogens is 212 g/mol. The van der Waals surface area contributed by atoms with Gasteiger partial charge in [-0.1, -0.05) is 0 Å². The van der Waals surface area contributed by atoms with Gasteiger partial charge in [-0.3, -0.25) is 4.79 Å². The van der Waals surface area contributed by atoms with E-state index < -0.39 is 5.97 Å². The monoisotopic (exact) mass is 230 g/mol. The largest absolute Gasteiger partial charge is 0.481 e. The Hall–Kier alpha value is -0.220. The number of hydrogen-bond acceptors (Lipinski definition) is 3. The van der Waals surface area contributed by atoms with Crippen LogP contribution in [0.1, 0.15) is 32.1 Å². The van der Waals surface area contributed by atoms with Crippen molar-refractivity contribution in [1.29, 1.82) is 0 Å². The first-order valence-electron chi connectivity index (χ1n) is 5.57. The molecule has 0 atom stereocenters. The van der Waals surface area contributed by atoms with Gasteiger partial charge in [0.15, 0.2) is 0 Å². The Balaban J connectivity index is 1.50. The van der Waals surface area contributed by atoms with E-state index in [1.54, 1.807) is 11.8 Å². The molecule has 4 heteroatoms. The van der Waals surface area contributed by atoms with Crippen LogP contribution < -0.4 is 0 Å². The summed E-state index contributed by atoms with van der Waals surface area (Å²) >= 11 is 1.75. The van der Waals surface area contributed by atoms with Crippen LogP contribution >= 0.6 is 11.8 Å². The molecule has 15 heavy (non-hydrogen) atoms. The summed E-state index contributed by atoms with van der Waals surface area (Å²) in [6.07, 6.45) is 5.15. The van der Waals surface area contributed by atoms with Crippen LogP contribution in [-0.2, 0) is 9.53 Å². The minimum atomic E-state index is -0.660. The average molecular weight is 230 g/mol. The quantitative estimate of drug-likeness (QED) is 0.513. The Morgan fingerprint density at radius 3 is 2.73 bits per heavy atom. The smallest absolute Gasteiger partial charge is 0.303 e. The van der Waals surface area contributed by atoms with Gasteiger partial charge in [-0.2, -0.15) is 0 Å². The van der Waals surface area contributed by atoms with Gasteiger partial charge in [-0.25, -0.2) is 0 Å². The van der Waals surface area contributed by atoms with Gasteiger partial charge in [-0.05, 0) is 37.0 Å². The third-order valence-electron chi connectivity index (χ3n) is 3.11. The normalized spacial score (nSPS) is 22.7. The maximum atomic E-state index is 10.6. The molecule has 0 aliphatic heterocycles. The molecule has 1 N–H and O–H groups in total. The van der Waals surface area contributed by atoms with E-state index in [1.807, 2.05) is 0 Å². The highest BCUT2D eigenvalue weighted by Crippen LogP contribution is 2.51. The van der Waals surface area contributed by atoms with E-state index in [-0.39, 0.29) is 5.41 Å². The van der Waals surface area contributed by atoms with Crippen LogP contribution in [0.3, 0.4) is 0 Å². The number of hydrogen-bond donors (Lipinski definition) is 1. The summed E-state index contributed by atoms with van der Waals surface area (Å²) in [4.78, 5) is 10.6. The van der Waals surface area contributed by atoms with Crippen LogP contribution in [0.15, 0.2) is 0 Å². The molecule has 2 aliphatic rings. The summed E-state index contributed by atoms with van der Waals surface area (Å²) in [5.41, 5.74) is 0.111. The van der Waals surface area contributed by atoms with Crippen molar-refractivity contribution in [2.45, 2.75) is 32.1 Å². The van der Waals surface area contributed by atoms with E-state index in [4.69, 9.17) is 9.84 Å². The molecule has 0 heterocycles. The van der Waals surface area contributed by atoms with Gasteiger partial charge < -0.3 is 9.84 Å². The third kappa shape index (κ3) is 4.03. The fraction of sp³-hybridized carbons (Fsp3) is 0.909. The van der Waals surface area contributed by atoms with Crippen LogP contribution in [0.25, 0.3) is 0 Å². The second-order valence-corrected chi connectivity index (χ2v) is 5.78. The van der Waals surface area contributed by atoms with Crippen LogP contribution in [-0.4, -0.2) is 29.4 Å². The van der Waals surface area contributed by atoms with Gasteiger partial charge in [0.1, 0.15) is 0 Å². The second-order valence-electron chi connectivity index (χ2n) is 4.85. The average Bonchev–Trinajstić information content (AvgIpc) is 3.01. The minimum absolute atomic E-state index is 0.111. The van der Waals surface area contributed by atoms with Gasteiger partial charge in [-0.15, -0.1) is 11.8 Å². The zero-order valence-corrected chi connectivity index (χ0v) is 9.72. The molecule has 2 fully saturated rings. The minimum Gasteiger partial charge on any atom is -0.481 e. The molecule has 0 amide bonds. The maximum Gasteiger partial charge on any atom is 0.303 e. The van der Waals surface area contributed by atoms with Crippen molar-refractivity contribution in [2.75, 3.05) is 18.3 Å². The number of carbonyl (C=O) groups is 1. The van der Waals surface area contributed by atoms with Crippen molar-refractivity contribution >= 4 is 17.7 Å². The van der Waals surface area contributed by atoms with E-state index >= 15 is 0 Å². The zero-order chi connectivity index (χ0) is 10.7. The molecule has 0 spiro atoms. The molecule has 0 saturated heterocycles. The highest BCUT2D eigenvalue weighted by Gasteiger charge is 2.44. The van der Waals surface area contributed by atoms with Crippen LogP contribution in [0, 0.1) is 11.3 Å². The summed E-state index contributed by atoms with van der Waals surface area (Å²) < 4.78 is 5.50. The molecule has 0 aromatic carbocycles. The molecule has 86 valence electrons. The SMILES string of the molecule is O=C(O)CC1(CSCOCC2CC2)CC1. The predicted molar refractivity (Wildman–Crippen MR) is 59.9 cm³/mol. The number of ether oxygens (including phenoxy) is 1. The number of carboxylic acid groups (broad SMARTS) is 1. The maximum absolute atomic E-state index is 10.6. The van der Waals surface area contributed by atoms with Crippen LogP contribution in [0.5, 0.6) is 0 Å². The number of carboxylic acids is 1. The molecule has 0 aromatic heterocycles. The summed E-state index contributed by atoms with van der Waals surface area (Å²) in [5.74, 6) is 1.84. The highest BCUT2D eigenvalue weighted by atomic mass is 32.2. The molecule has 0 aromatic rings. The molecule has 2 saturated carbocycles. The molecular formula is C11H18O3S. The first-order chi connectivity index (χ1) is 7.20. The van der Waals surface area contributed by atoms with Gasteiger partial charge in [0.2, 0.25) is 0 Å². The fourth-order valence-electron chi connectivity index (χ4n) is 1.69. The summed E-state index contributed by atoms with van der Waals surface area (Å²) in [5, 5.41) is 8.73. The molecule has 0 bridgehead atoms. The van der Waals surface area contributed by atoms with Gasteiger partial charge in [0.25, 0.3) is 0 Å². The van der Waals surface area contributed by atoms with E-state index in [2.05, 4.69) is 0 Å². The molecule has 2 aliphatic carbocycles. The topological polar surface area (TPSA) is 46.5 Å². The van der Waals surface area contributed by atoms with Crippen molar-refractivity contribution < 1.29 is 14.6 Å². The van der Waals surface area contributed by atoms with Crippen molar-refractivity contribution in [1.82, 2.24) is 0 Å². The van der Waals surface area contributed by atoms with Crippen LogP contribution in [0.2, 0.25) is 0 Å². The van der Waals surface area contributed by atoms with Gasteiger partial charge in [0, 0.05) is 5.75 Å².